The molecule has 0 spiro atoms. The van der Waals surface area contributed by atoms with E-state index in [1.165, 1.54) is 0 Å². The molecule has 5 aromatic rings. The first-order valence-corrected chi connectivity index (χ1v) is 9.25. The number of nitrogens with one attached hydrogen (secondary N) is 1. The minimum absolute atomic E-state index is 0.294. The number of aryl methyl sites for hydroxylation is 1. The maximum absolute atomic E-state index is 6.08. The minimum atomic E-state index is -0.294. The lowest BCUT2D eigenvalue weighted by atomic mass is 10.0. The Bertz CT molecular complexity index is 1310. The molecule has 1 atom stereocenters. The van der Waals surface area contributed by atoms with Crippen LogP contribution in [0.2, 0.25) is 0 Å². The molecule has 29 heavy (non-hydrogen) atoms. The summed E-state index contributed by atoms with van der Waals surface area (Å²) in [7, 11) is 3.62. The van der Waals surface area contributed by atoms with Gasteiger partial charge in [0.25, 0.3) is 0 Å². The Hall–Kier alpha value is -3.87. The molecule has 3 aromatic heterocycles. The van der Waals surface area contributed by atoms with Crippen LogP contribution in [-0.2, 0) is 7.05 Å². The molecule has 1 N–H and O–H groups in total. The number of anilines is 1. The number of hydrogen-bond donors (Lipinski definition) is 1. The number of para-hydroxylation sites is 2. The van der Waals surface area contributed by atoms with E-state index in [-0.39, 0.29) is 6.04 Å². The molecule has 0 aliphatic carbocycles. The topological polar surface area (TPSA) is 78.0 Å². The first-order valence-electron chi connectivity index (χ1n) is 9.25. The van der Waals surface area contributed by atoms with Gasteiger partial charge in [0.15, 0.2) is 11.4 Å². The summed E-state index contributed by atoms with van der Waals surface area (Å²) in [5.74, 6) is 2.20. The predicted molar refractivity (Wildman–Crippen MR) is 111 cm³/mol. The quantitative estimate of drug-likeness (QED) is 0.485. The minimum Gasteiger partial charge on any atom is -0.496 e. The van der Waals surface area contributed by atoms with Crippen LogP contribution < -0.4 is 10.1 Å². The Morgan fingerprint density at radius 3 is 2.69 bits per heavy atom. The number of nitrogens with zero attached hydrogens (tertiary/aromatic N) is 4. The molecule has 0 fully saturated rings. The smallest absolute Gasteiger partial charge is 0.196 e. The van der Waals surface area contributed by atoms with Gasteiger partial charge in [-0.2, -0.15) is 0 Å². The maximum atomic E-state index is 6.08. The fraction of sp³-hybridized carbons (Fsp3) is 0.136. The van der Waals surface area contributed by atoms with Crippen molar-refractivity contribution in [2.75, 3.05) is 12.4 Å². The van der Waals surface area contributed by atoms with E-state index in [0.29, 0.717) is 11.4 Å². The maximum Gasteiger partial charge on any atom is 0.196 e. The molecule has 0 saturated carbocycles. The molecule has 0 aliphatic rings. The highest BCUT2D eigenvalue weighted by molar-refractivity contribution is 6.05. The fourth-order valence-corrected chi connectivity index (χ4v) is 3.60. The highest BCUT2D eigenvalue weighted by Crippen LogP contribution is 2.35. The molecule has 0 bridgehead atoms. The van der Waals surface area contributed by atoms with E-state index in [2.05, 4.69) is 20.3 Å². The summed E-state index contributed by atoms with van der Waals surface area (Å²) in [6.45, 7) is 0. The molecular weight excluding hydrogens is 366 g/mol. The van der Waals surface area contributed by atoms with Gasteiger partial charge in [-0.05, 0) is 18.2 Å². The van der Waals surface area contributed by atoms with E-state index in [1.54, 1.807) is 19.6 Å². The Balaban J connectivity index is 1.68. The Labute approximate surface area is 167 Å². The van der Waals surface area contributed by atoms with Crippen LogP contribution in [0.4, 0.5) is 5.82 Å². The summed E-state index contributed by atoms with van der Waals surface area (Å²) in [5.41, 5.74) is 3.11. The molecule has 0 aliphatic heterocycles. The van der Waals surface area contributed by atoms with Gasteiger partial charge in [0.1, 0.15) is 35.0 Å². The second kappa shape index (κ2) is 6.94. The highest BCUT2D eigenvalue weighted by atomic mass is 16.5. The second-order valence-corrected chi connectivity index (χ2v) is 6.71. The average Bonchev–Trinajstić information content (AvgIpc) is 3.36. The molecule has 2 aromatic carbocycles. The monoisotopic (exact) mass is 385 g/mol. The van der Waals surface area contributed by atoms with Gasteiger partial charge in [-0.3, -0.25) is 0 Å². The lowest BCUT2D eigenvalue weighted by Crippen LogP contribution is -2.18. The van der Waals surface area contributed by atoms with Crippen molar-refractivity contribution in [3.05, 3.63) is 78.6 Å². The van der Waals surface area contributed by atoms with Crippen molar-refractivity contribution in [2.24, 2.45) is 7.05 Å². The summed E-state index contributed by atoms with van der Waals surface area (Å²) < 4.78 is 13.7. The number of benzene rings is 2. The average molecular weight is 385 g/mol. The fourth-order valence-electron chi connectivity index (χ4n) is 3.60. The molecule has 5 rings (SSSR count). The largest absolute Gasteiger partial charge is 0.496 e. The van der Waals surface area contributed by atoms with Crippen LogP contribution in [0.25, 0.3) is 22.1 Å². The Morgan fingerprint density at radius 2 is 1.86 bits per heavy atom. The first-order chi connectivity index (χ1) is 14.3. The normalized spacial score (nSPS) is 12.3. The van der Waals surface area contributed by atoms with Crippen molar-refractivity contribution in [1.82, 2.24) is 19.5 Å². The van der Waals surface area contributed by atoms with Crippen LogP contribution in [0.15, 0.2) is 71.7 Å². The molecule has 3 heterocycles. The molecule has 0 amide bonds. The van der Waals surface area contributed by atoms with Crippen LogP contribution in [0.1, 0.15) is 17.4 Å². The zero-order chi connectivity index (χ0) is 19.8. The summed E-state index contributed by atoms with van der Waals surface area (Å²) in [6.07, 6.45) is 5.23. The molecule has 144 valence electrons. The number of rotatable bonds is 5. The van der Waals surface area contributed by atoms with Gasteiger partial charge in [0, 0.05) is 30.4 Å². The molecule has 7 heteroatoms. The highest BCUT2D eigenvalue weighted by Gasteiger charge is 2.24. The van der Waals surface area contributed by atoms with Gasteiger partial charge in [-0.1, -0.05) is 30.3 Å². The zero-order valence-electron chi connectivity index (χ0n) is 16.0. The van der Waals surface area contributed by atoms with Gasteiger partial charge < -0.3 is 19.0 Å². The van der Waals surface area contributed by atoms with Crippen LogP contribution in [0.5, 0.6) is 5.75 Å². The van der Waals surface area contributed by atoms with Gasteiger partial charge in [0.2, 0.25) is 0 Å². The lowest BCUT2D eigenvalue weighted by Gasteiger charge is -2.21. The van der Waals surface area contributed by atoms with Gasteiger partial charge in [-0.15, -0.1) is 0 Å². The lowest BCUT2D eigenvalue weighted by molar-refractivity contribution is 0.408. The molecule has 0 saturated heterocycles. The van der Waals surface area contributed by atoms with E-state index in [1.807, 2.05) is 66.3 Å². The molecule has 1 unspecified atom stereocenters. The Kier molecular flexibility index (Phi) is 4.13. The van der Waals surface area contributed by atoms with Crippen LogP contribution in [0, 0.1) is 0 Å². The first kappa shape index (κ1) is 17.2. The number of hydrogen-bond acceptors (Lipinski definition) is 6. The van der Waals surface area contributed by atoms with E-state index in [0.717, 1.165) is 33.6 Å². The van der Waals surface area contributed by atoms with Gasteiger partial charge in [0.05, 0.1) is 7.11 Å². The summed E-state index contributed by atoms with van der Waals surface area (Å²) in [4.78, 5) is 13.5. The molecular formula is C22H19N5O2. The van der Waals surface area contributed by atoms with Crippen molar-refractivity contribution >= 4 is 27.9 Å². The SMILES string of the molecule is COc1ccccc1C(Nc1ncnc2c1oc1ccccc12)c1nccn1C. The third-order valence-corrected chi connectivity index (χ3v) is 5.01. The predicted octanol–water partition coefficient (Wildman–Crippen LogP) is 4.32. The van der Waals surface area contributed by atoms with Gasteiger partial charge in [-0.25, -0.2) is 15.0 Å². The second-order valence-electron chi connectivity index (χ2n) is 6.71. The number of imidazole rings is 1. The van der Waals surface area contributed by atoms with Gasteiger partial charge >= 0.3 is 0 Å². The van der Waals surface area contributed by atoms with Crippen molar-refractivity contribution < 1.29 is 9.15 Å². The molecule has 7 nitrogen and oxygen atoms in total. The zero-order valence-corrected chi connectivity index (χ0v) is 16.0. The number of methoxy groups -OCH3 is 1. The van der Waals surface area contributed by atoms with Crippen molar-refractivity contribution in [3.63, 3.8) is 0 Å². The Morgan fingerprint density at radius 1 is 1.03 bits per heavy atom. The number of furan rings is 1. The van der Waals surface area contributed by atoms with Crippen molar-refractivity contribution in [3.8, 4) is 5.75 Å². The van der Waals surface area contributed by atoms with E-state index in [9.17, 15) is 0 Å². The van der Waals surface area contributed by atoms with E-state index < -0.39 is 0 Å². The number of ether oxygens (including phenoxy) is 1. The summed E-state index contributed by atoms with van der Waals surface area (Å²) in [5, 5.41) is 4.47. The van der Waals surface area contributed by atoms with E-state index >= 15 is 0 Å². The third kappa shape index (κ3) is 2.87. The van der Waals surface area contributed by atoms with Crippen LogP contribution in [0.3, 0.4) is 0 Å². The summed E-state index contributed by atoms with van der Waals surface area (Å²) in [6, 6.07) is 15.4. The van der Waals surface area contributed by atoms with Crippen molar-refractivity contribution in [2.45, 2.75) is 6.04 Å². The molecule has 0 radical (unpaired) electrons. The van der Waals surface area contributed by atoms with Crippen LogP contribution in [-0.4, -0.2) is 26.6 Å². The van der Waals surface area contributed by atoms with Crippen LogP contribution >= 0.6 is 0 Å². The van der Waals surface area contributed by atoms with E-state index in [4.69, 9.17) is 9.15 Å². The number of aromatic nitrogens is 4. The third-order valence-electron chi connectivity index (χ3n) is 5.01. The number of fused-ring (bicyclic) bond motifs is 3. The van der Waals surface area contributed by atoms with Crippen molar-refractivity contribution in [1.29, 1.82) is 0 Å². The summed E-state index contributed by atoms with van der Waals surface area (Å²) >= 11 is 0. The standard InChI is InChI=1S/C22H19N5O2/c1-27-12-11-23-22(27)19(14-7-3-5-9-16(14)28-2)26-21-20-18(24-13-25-21)15-8-4-6-10-17(15)29-20/h3-13,19H,1-2H3,(H,24,25,26).